The predicted octanol–water partition coefficient (Wildman–Crippen LogP) is 5.26. The van der Waals surface area contributed by atoms with Crippen molar-refractivity contribution in [2.45, 2.75) is 49.9 Å². The number of aromatic carboxylic acids is 1. The van der Waals surface area contributed by atoms with Gasteiger partial charge in [-0.25, -0.2) is 17.6 Å². The predicted molar refractivity (Wildman–Crippen MR) is 129 cm³/mol. The van der Waals surface area contributed by atoms with Crippen molar-refractivity contribution in [1.82, 2.24) is 0 Å². The number of furan rings is 1. The molecule has 36 heavy (non-hydrogen) atoms. The molecule has 0 saturated heterocycles. The number of halogens is 1. The summed E-state index contributed by atoms with van der Waals surface area (Å²) in [5, 5.41) is 10.0. The Bertz CT molecular complexity index is 1320. The SMILES string of the molecule is CC(C)(C)OC(=O)CCCOc1c(-c2ccoc2)ccc(CS(=O)(=O)c2ccc(F)cc2)c1C(=O)O. The van der Waals surface area contributed by atoms with Crippen molar-refractivity contribution in [2.75, 3.05) is 6.61 Å². The maximum absolute atomic E-state index is 13.3. The largest absolute Gasteiger partial charge is 0.492 e. The van der Waals surface area contributed by atoms with Gasteiger partial charge in [0.2, 0.25) is 0 Å². The Kier molecular flexibility index (Phi) is 8.19. The lowest BCUT2D eigenvalue weighted by atomic mass is 9.99. The molecule has 0 atom stereocenters. The average Bonchev–Trinajstić information content (AvgIpc) is 3.30. The number of hydrogen-bond acceptors (Lipinski definition) is 7. The number of carboxylic acid groups (broad SMARTS) is 1. The Morgan fingerprint density at radius 2 is 1.75 bits per heavy atom. The number of rotatable bonds is 10. The van der Waals surface area contributed by atoms with Crippen LogP contribution < -0.4 is 4.74 Å². The first-order valence-corrected chi connectivity index (χ1v) is 12.8. The lowest BCUT2D eigenvalue weighted by Gasteiger charge is -2.20. The van der Waals surface area contributed by atoms with E-state index >= 15 is 0 Å². The molecule has 0 saturated carbocycles. The molecule has 3 rings (SSSR count). The van der Waals surface area contributed by atoms with Gasteiger partial charge in [0.25, 0.3) is 0 Å². The number of sulfone groups is 1. The van der Waals surface area contributed by atoms with Crippen LogP contribution in [-0.4, -0.2) is 37.7 Å². The summed E-state index contributed by atoms with van der Waals surface area (Å²) in [5.74, 6) is -3.07. The van der Waals surface area contributed by atoms with Crippen LogP contribution in [0.4, 0.5) is 4.39 Å². The van der Waals surface area contributed by atoms with Crippen molar-refractivity contribution >= 4 is 21.8 Å². The summed E-state index contributed by atoms with van der Waals surface area (Å²) in [7, 11) is -3.99. The van der Waals surface area contributed by atoms with Crippen molar-refractivity contribution in [1.29, 1.82) is 0 Å². The zero-order chi connectivity index (χ0) is 26.5. The van der Waals surface area contributed by atoms with E-state index in [0.717, 1.165) is 24.3 Å². The first-order chi connectivity index (χ1) is 16.9. The second-order valence-electron chi connectivity index (χ2n) is 9.05. The maximum Gasteiger partial charge on any atom is 0.339 e. The highest BCUT2D eigenvalue weighted by Crippen LogP contribution is 2.37. The van der Waals surface area contributed by atoms with Crippen LogP contribution in [0, 0.1) is 5.82 Å². The van der Waals surface area contributed by atoms with E-state index in [0.29, 0.717) is 11.1 Å². The van der Waals surface area contributed by atoms with Crippen molar-refractivity contribution in [3.63, 3.8) is 0 Å². The highest BCUT2D eigenvalue weighted by molar-refractivity contribution is 7.90. The van der Waals surface area contributed by atoms with Crippen LogP contribution in [0.2, 0.25) is 0 Å². The molecule has 0 fully saturated rings. The standard InChI is InChI=1S/C26H27FO8S/c1-26(2,3)35-22(28)5-4-13-34-24-21(17-12-14-33-15-17)11-6-18(23(24)25(29)30)16-36(31,32)20-9-7-19(27)8-10-20/h6-12,14-15H,4-5,13,16H2,1-3H3,(H,29,30). The molecule has 10 heteroatoms. The second-order valence-corrected chi connectivity index (χ2v) is 11.0. The zero-order valence-electron chi connectivity index (χ0n) is 20.1. The van der Waals surface area contributed by atoms with E-state index in [4.69, 9.17) is 13.9 Å². The topological polar surface area (TPSA) is 120 Å². The van der Waals surface area contributed by atoms with Crippen molar-refractivity contribution < 1.29 is 41.4 Å². The summed E-state index contributed by atoms with van der Waals surface area (Å²) in [5.41, 5.74) is -0.0282. The first-order valence-electron chi connectivity index (χ1n) is 11.1. The molecule has 0 radical (unpaired) electrons. The normalized spacial score (nSPS) is 11.8. The molecule has 0 bridgehead atoms. The molecule has 1 heterocycles. The van der Waals surface area contributed by atoms with Crippen molar-refractivity contribution in [3.05, 3.63) is 71.9 Å². The molecular weight excluding hydrogens is 491 g/mol. The van der Waals surface area contributed by atoms with Crippen molar-refractivity contribution in [3.8, 4) is 16.9 Å². The molecule has 192 valence electrons. The average molecular weight is 519 g/mol. The molecule has 1 N–H and O–H groups in total. The van der Waals surface area contributed by atoms with Gasteiger partial charge in [-0.15, -0.1) is 0 Å². The van der Waals surface area contributed by atoms with Crippen LogP contribution in [0.1, 0.15) is 49.5 Å². The van der Waals surface area contributed by atoms with E-state index in [1.54, 1.807) is 32.9 Å². The minimum atomic E-state index is -3.99. The smallest absolute Gasteiger partial charge is 0.339 e. The van der Waals surface area contributed by atoms with Gasteiger partial charge in [0, 0.05) is 17.5 Å². The molecule has 0 amide bonds. The molecule has 0 spiro atoms. The number of carbonyl (C=O) groups excluding carboxylic acids is 1. The second kappa shape index (κ2) is 10.9. The van der Waals surface area contributed by atoms with E-state index < -0.39 is 38.9 Å². The molecule has 0 aliphatic heterocycles. The van der Waals surface area contributed by atoms with Gasteiger partial charge in [-0.2, -0.15) is 0 Å². The number of carbonyl (C=O) groups is 2. The Hall–Kier alpha value is -3.66. The zero-order valence-corrected chi connectivity index (χ0v) is 20.9. The van der Waals surface area contributed by atoms with Crippen LogP contribution in [0.15, 0.2) is 64.3 Å². The quantitative estimate of drug-likeness (QED) is 0.219. The molecule has 8 nitrogen and oxygen atoms in total. The number of carboxylic acids is 1. The molecule has 0 aliphatic rings. The van der Waals surface area contributed by atoms with E-state index in [2.05, 4.69) is 0 Å². The first kappa shape index (κ1) is 26.9. The third kappa shape index (κ3) is 6.94. The summed E-state index contributed by atoms with van der Waals surface area (Å²) < 4.78 is 55.4. The lowest BCUT2D eigenvalue weighted by Crippen LogP contribution is -2.24. The van der Waals surface area contributed by atoms with E-state index in [9.17, 15) is 27.5 Å². The highest BCUT2D eigenvalue weighted by atomic mass is 32.2. The van der Waals surface area contributed by atoms with Crippen LogP contribution >= 0.6 is 0 Å². The Morgan fingerprint density at radius 3 is 2.33 bits per heavy atom. The van der Waals surface area contributed by atoms with E-state index in [1.807, 2.05) is 0 Å². The van der Waals surface area contributed by atoms with Gasteiger partial charge < -0.3 is 19.0 Å². The van der Waals surface area contributed by atoms with E-state index in [-0.39, 0.29) is 41.2 Å². The molecule has 1 aromatic heterocycles. The van der Waals surface area contributed by atoms with Gasteiger partial charge in [-0.05, 0) is 63.1 Å². The molecule has 0 unspecified atom stereocenters. The van der Waals surface area contributed by atoms with Crippen LogP contribution in [0.25, 0.3) is 11.1 Å². The molecule has 0 aliphatic carbocycles. The summed E-state index contributed by atoms with van der Waals surface area (Å²) >= 11 is 0. The van der Waals surface area contributed by atoms with E-state index in [1.165, 1.54) is 18.6 Å². The summed E-state index contributed by atoms with van der Waals surface area (Å²) in [6.45, 7) is 5.24. The third-order valence-corrected chi connectivity index (χ3v) is 6.68. The molecule has 2 aromatic carbocycles. The monoisotopic (exact) mass is 518 g/mol. The van der Waals surface area contributed by atoms with Crippen LogP contribution in [-0.2, 0) is 25.1 Å². The van der Waals surface area contributed by atoms with Crippen LogP contribution in [0.3, 0.4) is 0 Å². The number of hydrogen-bond donors (Lipinski definition) is 1. The fourth-order valence-electron chi connectivity index (χ4n) is 3.49. The van der Waals surface area contributed by atoms with Gasteiger partial charge in [-0.1, -0.05) is 12.1 Å². The number of esters is 1. The minimum absolute atomic E-state index is 0.00112. The summed E-state index contributed by atoms with van der Waals surface area (Å²) in [6, 6.07) is 8.86. The summed E-state index contributed by atoms with van der Waals surface area (Å²) in [4.78, 5) is 24.2. The maximum atomic E-state index is 13.3. The number of benzene rings is 2. The Balaban J connectivity index is 1.93. The number of ether oxygens (including phenoxy) is 2. The fourth-order valence-corrected chi connectivity index (χ4v) is 4.85. The van der Waals surface area contributed by atoms with Gasteiger partial charge in [0.15, 0.2) is 9.84 Å². The van der Waals surface area contributed by atoms with Gasteiger partial charge in [-0.3, -0.25) is 4.79 Å². The molecular formula is C26H27FO8S. The van der Waals surface area contributed by atoms with Crippen molar-refractivity contribution in [2.24, 2.45) is 0 Å². The molecule has 3 aromatic rings. The Morgan fingerprint density at radius 1 is 1.06 bits per heavy atom. The lowest BCUT2D eigenvalue weighted by molar-refractivity contribution is -0.155. The third-order valence-electron chi connectivity index (χ3n) is 5.00. The van der Waals surface area contributed by atoms with Gasteiger partial charge >= 0.3 is 11.9 Å². The van der Waals surface area contributed by atoms with Gasteiger partial charge in [0.1, 0.15) is 22.7 Å². The Labute approximate surface area is 208 Å². The van der Waals surface area contributed by atoms with Crippen LogP contribution in [0.5, 0.6) is 5.75 Å². The summed E-state index contributed by atoms with van der Waals surface area (Å²) in [6.07, 6.45) is 3.12. The van der Waals surface area contributed by atoms with Gasteiger partial charge in [0.05, 0.1) is 29.8 Å². The highest BCUT2D eigenvalue weighted by Gasteiger charge is 2.26. The fraction of sp³-hybridized carbons (Fsp3) is 0.308. The minimum Gasteiger partial charge on any atom is -0.492 e.